The molecule has 1 aliphatic heterocycles. The average molecular weight is 507 g/mol. The second-order valence-corrected chi connectivity index (χ2v) is 10.5. The van der Waals surface area contributed by atoms with Gasteiger partial charge in [-0.15, -0.1) is 0 Å². The molecule has 1 aromatic carbocycles. The summed E-state index contributed by atoms with van der Waals surface area (Å²) in [6.45, 7) is 6.38. The van der Waals surface area contributed by atoms with Crippen molar-refractivity contribution < 1.29 is 27.5 Å². The van der Waals surface area contributed by atoms with Crippen LogP contribution in [0.2, 0.25) is 0 Å². The number of amides is 1. The summed E-state index contributed by atoms with van der Waals surface area (Å²) in [6.07, 6.45) is 2.87. The van der Waals surface area contributed by atoms with E-state index >= 15 is 0 Å². The van der Waals surface area contributed by atoms with Gasteiger partial charge >= 0.3 is 5.97 Å². The van der Waals surface area contributed by atoms with Gasteiger partial charge in [0.05, 0.1) is 34.0 Å². The van der Waals surface area contributed by atoms with Crippen molar-refractivity contribution in [2.24, 2.45) is 5.92 Å². The Morgan fingerprint density at radius 2 is 1.97 bits per heavy atom. The van der Waals surface area contributed by atoms with Crippen LogP contribution in [-0.4, -0.2) is 63.5 Å². The Morgan fingerprint density at radius 3 is 2.66 bits per heavy atom. The zero-order valence-electron chi connectivity index (χ0n) is 20.5. The maximum Gasteiger partial charge on any atom is 0.338 e. The van der Waals surface area contributed by atoms with Crippen LogP contribution in [0.25, 0.3) is 0 Å². The molecule has 11 heteroatoms. The van der Waals surface area contributed by atoms with Gasteiger partial charge in [0.15, 0.2) is 0 Å². The molecule has 0 spiro atoms. The van der Waals surface area contributed by atoms with E-state index in [1.54, 1.807) is 0 Å². The number of ether oxygens (including phenoxy) is 2. The monoisotopic (exact) mass is 506 g/mol. The lowest BCUT2D eigenvalue weighted by atomic mass is 10.1. The molecule has 0 saturated carbocycles. The standard InChI is InChI=1S/C24H34N4O6S/c1-4-20-22-21(7-5-13-33-14-6-12-26-23(22)29)28(27-20)15-17(2)16-34-24(30)18-8-10-19(11-9-18)35(31,32)25-3/h8-11,17,25H,4-7,12-16H2,1-3H3,(H,26,29)/t17-/m1/s1. The second kappa shape index (κ2) is 12.3. The Hall–Kier alpha value is -2.76. The quantitative estimate of drug-likeness (QED) is 0.524. The summed E-state index contributed by atoms with van der Waals surface area (Å²) in [5, 5.41) is 7.68. The van der Waals surface area contributed by atoms with Gasteiger partial charge < -0.3 is 14.8 Å². The molecular weight excluding hydrogens is 472 g/mol. The zero-order valence-corrected chi connectivity index (χ0v) is 21.3. The first-order valence-corrected chi connectivity index (χ1v) is 13.4. The Balaban J connectivity index is 1.68. The molecule has 2 aromatic rings. The average Bonchev–Trinajstić information content (AvgIpc) is 3.18. The molecule has 1 amide bonds. The van der Waals surface area contributed by atoms with Gasteiger partial charge in [0.1, 0.15) is 0 Å². The topological polar surface area (TPSA) is 129 Å². The third-order valence-electron chi connectivity index (χ3n) is 5.80. The van der Waals surface area contributed by atoms with Gasteiger partial charge in [0, 0.05) is 32.2 Å². The van der Waals surface area contributed by atoms with Crippen molar-refractivity contribution in [1.29, 1.82) is 0 Å². The minimum atomic E-state index is -3.57. The summed E-state index contributed by atoms with van der Waals surface area (Å²) in [7, 11) is -2.25. The summed E-state index contributed by atoms with van der Waals surface area (Å²) < 4.78 is 38.9. The van der Waals surface area contributed by atoms with Gasteiger partial charge in [0.25, 0.3) is 5.91 Å². The number of nitrogens with zero attached hydrogens (tertiary/aromatic N) is 2. The summed E-state index contributed by atoms with van der Waals surface area (Å²) in [5.41, 5.74) is 2.56. The van der Waals surface area contributed by atoms with E-state index in [9.17, 15) is 18.0 Å². The molecule has 35 heavy (non-hydrogen) atoms. The van der Waals surface area contributed by atoms with Crippen LogP contribution in [0.1, 0.15) is 58.8 Å². The third-order valence-corrected chi connectivity index (χ3v) is 7.23. The van der Waals surface area contributed by atoms with Crippen molar-refractivity contribution in [2.45, 2.75) is 51.0 Å². The van der Waals surface area contributed by atoms with Crippen LogP contribution in [0.4, 0.5) is 0 Å². The number of rotatable bonds is 8. The molecule has 1 aromatic heterocycles. The lowest BCUT2D eigenvalue weighted by Crippen LogP contribution is -2.27. The summed E-state index contributed by atoms with van der Waals surface area (Å²) in [4.78, 5) is 25.4. The largest absolute Gasteiger partial charge is 0.462 e. The minimum Gasteiger partial charge on any atom is -0.462 e. The molecule has 2 N–H and O–H groups in total. The lowest BCUT2D eigenvalue weighted by Gasteiger charge is -2.15. The Labute approximate surface area is 206 Å². The van der Waals surface area contributed by atoms with Gasteiger partial charge in [-0.3, -0.25) is 9.48 Å². The smallest absolute Gasteiger partial charge is 0.338 e. The number of esters is 1. The number of hydrogen-bond acceptors (Lipinski definition) is 7. The van der Waals surface area contributed by atoms with Crippen LogP contribution in [-0.2, 0) is 38.9 Å². The number of sulfonamides is 1. The van der Waals surface area contributed by atoms with E-state index in [-0.39, 0.29) is 28.9 Å². The Morgan fingerprint density at radius 1 is 1.26 bits per heavy atom. The fraction of sp³-hybridized carbons (Fsp3) is 0.542. The molecular formula is C24H34N4O6S. The molecule has 0 bridgehead atoms. The molecule has 192 valence electrons. The van der Waals surface area contributed by atoms with Crippen LogP contribution in [0.5, 0.6) is 0 Å². The first-order valence-electron chi connectivity index (χ1n) is 11.9. The van der Waals surface area contributed by atoms with Crippen molar-refractivity contribution in [3.63, 3.8) is 0 Å². The van der Waals surface area contributed by atoms with Gasteiger partial charge in [-0.1, -0.05) is 13.8 Å². The molecule has 1 atom stereocenters. The molecule has 1 aliphatic rings. The van der Waals surface area contributed by atoms with Crippen molar-refractivity contribution in [2.75, 3.05) is 33.4 Å². The predicted octanol–water partition coefficient (Wildman–Crippen LogP) is 1.93. The number of aryl methyl sites for hydroxylation is 1. The zero-order chi connectivity index (χ0) is 25.4. The summed E-state index contributed by atoms with van der Waals surface area (Å²) >= 11 is 0. The predicted molar refractivity (Wildman–Crippen MR) is 130 cm³/mol. The summed E-state index contributed by atoms with van der Waals surface area (Å²) in [5.74, 6) is -0.697. The van der Waals surface area contributed by atoms with Crippen LogP contribution in [0.3, 0.4) is 0 Å². The number of hydrogen-bond donors (Lipinski definition) is 2. The van der Waals surface area contributed by atoms with E-state index in [0.29, 0.717) is 44.7 Å². The number of fused-ring (bicyclic) bond motifs is 1. The van der Waals surface area contributed by atoms with Crippen molar-refractivity contribution in [1.82, 2.24) is 19.8 Å². The fourth-order valence-corrected chi connectivity index (χ4v) is 4.64. The van der Waals surface area contributed by atoms with Gasteiger partial charge in [0.2, 0.25) is 10.0 Å². The number of nitrogens with one attached hydrogen (secondary N) is 2. The van der Waals surface area contributed by atoms with E-state index in [2.05, 4.69) is 10.0 Å². The van der Waals surface area contributed by atoms with Crippen molar-refractivity contribution in [3.8, 4) is 0 Å². The molecule has 3 rings (SSSR count). The van der Waals surface area contributed by atoms with Crippen molar-refractivity contribution in [3.05, 3.63) is 46.8 Å². The SMILES string of the molecule is CCc1nn(C[C@@H](C)COC(=O)c2ccc(S(=O)(=O)NC)cc2)c2c1C(=O)NCCCOCCC2. The molecule has 0 fully saturated rings. The molecule has 0 unspecified atom stereocenters. The highest BCUT2D eigenvalue weighted by atomic mass is 32.2. The van der Waals surface area contributed by atoms with E-state index in [1.165, 1.54) is 31.3 Å². The van der Waals surface area contributed by atoms with E-state index in [1.807, 2.05) is 18.5 Å². The second-order valence-electron chi connectivity index (χ2n) is 8.57. The van der Waals surface area contributed by atoms with Crippen LogP contribution >= 0.6 is 0 Å². The number of benzene rings is 1. The highest BCUT2D eigenvalue weighted by Crippen LogP contribution is 2.20. The normalized spacial score (nSPS) is 16.0. The maximum atomic E-state index is 12.9. The Bertz CT molecular complexity index is 1130. The highest BCUT2D eigenvalue weighted by molar-refractivity contribution is 7.89. The van der Waals surface area contributed by atoms with E-state index in [0.717, 1.165) is 24.2 Å². The molecule has 10 nitrogen and oxygen atoms in total. The first kappa shape index (κ1) is 26.8. The van der Waals surface area contributed by atoms with Gasteiger partial charge in [-0.25, -0.2) is 17.9 Å². The van der Waals surface area contributed by atoms with Crippen molar-refractivity contribution >= 4 is 21.9 Å². The fourth-order valence-electron chi connectivity index (χ4n) is 3.91. The highest BCUT2D eigenvalue weighted by Gasteiger charge is 2.24. The first-order chi connectivity index (χ1) is 16.8. The molecule has 0 saturated heterocycles. The Kier molecular flexibility index (Phi) is 9.41. The van der Waals surface area contributed by atoms with Gasteiger partial charge in [-0.2, -0.15) is 5.10 Å². The summed E-state index contributed by atoms with van der Waals surface area (Å²) in [6, 6.07) is 5.58. The minimum absolute atomic E-state index is 0.0610. The lowest BCUT2D eigenvalue weighted by molar-refractivity contribution is 0.0435. The molecule has 0 aliphatic carbocycles. The van der Waals surface area contributed by atoms with Crippen LogP contribution in [0.15, 0.2) is 29.2 Å². The molecule has 2 heterocycles. The number of carbonyl (C=O) groups excluding carboxylic acids is 2. The number of carbonyl (C=O) groups is 2. The molecule has 0 radical (unpaired) electrons. The van der Waals surface area contributed by atoms with Crippen LogP contribution < -0.4 is 10.0 Å². The van der Waals surface area contributed by atoms with Gasteiger partial charge in [-0.05, 0) is 57.0 Å². The van der Waals surface area contributed by atoms with E-state index < -0.39 is 16.0 Å². The van der Waals surface area contributed by atoms with E-state index in [4.69, 9.17) is 14.6 Å². The third kappa shape index (κ3) is 6.89. The van der Waals surface area contributed by atoms with Crippen LogP contribution in [0, 0.1) is 5.92 Å². The maximum absolute atomic E-state index is 12.9. The number of aromatic nitrogens is 2.